The van der Waals surface area contributed by atoms with E-state index in [1.54, 1.807) is 0 Å². The highest BCUT2D eigenvalue weighted by Gasteiger charge is 2.36. The minimum Gasteiger partial charge on any atom is -0.378 e. The van der Waals surface area contributed by atoms with Gasteiger partial charge in [0.2, 0.25) is 0 Å². The maximum atomic E-state index is 5.91. The summed E-state index contributed by atoms with van der Waals surface area (Å²) in [6.07, 6.45) is 3.77. The molecule has 1 aromatic rings. The van der Waals surface area contributed by atoms with Crippen LogP contribution in [-0.4, -0.2) is 27.5 Å². The van der Waals surface area contributed by atoms with Crippen molar-refractivity contribution < 1.29 is 4.74 Å². The van der Waals surface area contributed by atoms with E-state index in [1.165, 1.54) is 12.8 Å². The van der Waals surface area contributed by atoms with E-state index in [9.17, 15) is 0 Å². The van der Waals surface area contributed by atoms with Gasteiger partial charge in [-0.3, -0.25) is 0 Å². The fourth-order valence-electron chi connectivity index (χ4n) is 2.48. The largest absolute Gasteiger partial charge is 0.378 e. The van der Waals surface area contributed by atoms with Crippen LogP contribution in [0.5, 0.6) is 0 Å². The third kappa shape index (κ3) is 1.64. The molecular formula is C11H16ClN3O. The summed E-state index contributed by atoms with van der Waals surface area (Å²) in [5.74, 6) is 2.84. The summed E-state index contributed by atoms with van der Waals surface area (Å²) in [5.41, 5.74) is 0. The number of hydrogen-bond acceptors (Lipinski definition) is 3. The SMILES string of the molecule is CC1OCCC1c1nnc(CCl)n1C1CC1. The zero-order valence-corrected chi connectivity index (χ0v) is 10.2. The lowest BCUT2D eigenvalue weighted by atomic mass is 10.0. The summed E-state index contributed by atoms with van der Waals surface area (Å²) in [6, 6.07) is 0.589. The van der Waals surface area contributed by atoms with Crippen molar-refractivity contribution in [2.75, 3.05) is 6.61 Å². The molecule has 5 heteroatoms. The molecule has 16 heavy (non-hydrogen) atoms. The van der Waals surface area contributed by atoms with Gasteiger partial charge in [-0.25, -0.2) is 0 Å². The molecule has 0 bridgehead atoms. The van der Waals surface area contributed by atoms with Gasteiger partial charge in [0.15, 0.2) is 0 Å². The Morgan fingerprint density at radius 1 is 1.38 bits per heavy atom. The normalized spacial score (nSPS) is 29.9. The smallest absolute Gasteiger partial charge is 0.148 e. The highest BCUT2D eigenvalue weighted by Crippen LogP contribution is 2.40. The van der Waals surface area contributed by atoms with Crippen LogP contribution in [0.4, 0.5) is 0 Å². The molecule has 1 saturated heterocycles. The third-order valence-corrected chi connectivity index (χ3v) is 3.77. The van der Waals surface area contributed by atoms with Crippen LogP contribution in [0, 0.1) is 0 Å². The Morgan fingerprint density at radius 3 is 2.75 bits per heavy atom. The van der Waals surface area contributed by atoms with Crippen molar-refractivity contribution in [3.63, 3.8) is 0 Å². The number of hydrogen-bond donors (Lipinski definition) is 0. The number of ether oxygens (including phenoxy) is 1. The van der Waals surface area contributed by atoms with Crippen molar-refractivity contribution >= 4 is 11.6 Å². The van der Waals surface area contributed by atoms with Crippen molar-refractivity contribution in [1.82, 2.24) is 14.8 Å². The second-order valence-electron chi connectivity index (χ2n) is 4.68. The maximum Gasteiger partial charge on any atom is 0.148 e. The first-order valence-corrected chi connectivity index (χ1v) is 6.46. The quantitative estimate of drug-likeness (QED) is 0.762. The molecule has 0 spiro atoms. The van der Waals surface area contributed by atoms with Crippen molar-refractivity contribution in [3.05, 3.63) is 11.6 Å². The van der Waals surface area contributed by atoms with Gasteiger partial charge in [0.1, 0.15) is 11.6 Å². The predicted octanol–water partition coefficient (Wildman–Crippen LogP) is 2.24. The molecule has 2 aliphatic rings. The van der Waals surface area contributed by atoms with E-state index < -0.39 is 0 Å². The van der Waals surface area contributed by atoms with E-state index in [1.807, 2.05) is 0 Å². The molecule has 1 saturated carbocycles. The van der Waals surface area contributed by atoms with Crippen LogP contribution in [0.2, 0.25) is 0 Å². The zero-order chi connectivity index (χ0) is 11.1. The molecule has 3 rings (SSSR count). The van der Waals surface area contributed by atoms with E-state index in [4.69, 9.17) is 16.3 Å². The first-order valence-electron chi connectivity index (χ1n) is 5.92. The molecular weight excluding hydrogens is 226 g/mol. The summed E-state index contributed by atoms with van der Waals surface area (Å²) >= 11 is 5.91. The third-order valence-electron chi connectivity index (χ3n) is 3.53. The van der Waals surface area contributed by atoms with Crippen molar-refractivity contribution in [1.29, 1.82) is 0 Å². The first-order chi connectivity index (χ1) is 7.81. The van der Waals surface area contributed by atoms with Gasteiger partial charge >= 0.3 is 0 Å². The average molecular weight is 242 g/mol. The summed E-state index contributed by atoms with van der Waals surface area (Å²) in [7, 11) is 0. The minimum atomic E-state index is 0.255. The second-order valence-corrected chi connectivity index (χ2v) is 4.95. The van der Waals surface area contributed by atoms with Crippen LogP contribution < -0.4 is 0 Å². The molecule has 1 aliphatic carbocycles. The van der Waals surface area contributed by atoms with E-state index in [-0.39, 0.29) is 6.10 Å². The van der Waals surface area contributed by atoms with Crippen LogP contribution in [0.1, 0.15) is 49.8 Å². The molecule has 0 N–H and O–H groups in total. The van der Waals surface area contributed by atoms with Gasteiger partial charge in [-0.05, 0) is 26.2 Å². The van der Waals surface area contributed by atoms with Crippen LogP contribution in [0.15, 0.2) is 0 Å². The first kappa shape index (κ1) is 10.5. The van der Waals surface area contributed by atoms with Crippen LogP contribution in [0.25, 0.3) is 0 Å². The Bertz CT molecular complexity index is 389. The van der Waals surface area contributed by atoms with E-state index in [0.29, 0.717) is 17.8 Å². The average Bonchev–Trinajstić information content (AvgIpc) is 2.90. The summed E-state index contributed by atoms with van der Waals surface area (Å²) in [6.45, 7) is 2.95. The van der Waals surface area contributed by atoms with E-state index >= 15 is 0 Å². The lowest BCUT2D eigenvalue weighted by molar-refractivity contribution is 0.116. The van der Waals surface area contributed by atoms with Crippen LogP contribution in [0.3, 0.4) is 0 Å². The minimum absolute atomic E-state index is 0.255. The zero-order valence-electron chi connectivity index (χ0n) is 9.40. The molecule has 88 valence electrons. The van der Waals surface area contributed by atoms with Gasteiger partial charge in [-0.1, -0.05) is 0 Å². The lowest BCUT2D eigenvalue weighted by Gasteiger charge is -2.15. The van der Waals surface area contributed by atoms with Crippen molar-refractivity contribution in [2.45, 2.75) is 50.1 Å². The Labute approximate surface area is 99.9 Å². The Kier molecular flexibility index (Phi) is 2.64. The lowest BCUT2D eigenvalue weighted by Crippen LogP contribution is -2.16. The summed E-state index contributed by atoms with van der Waals surface area (Å²) in [4.78, 5) is 0. The molecule has 0 radical (unpaired) electrons. The highest BCUT2D eigenvalue weighted by atomic mass is 35.5. The molecule has 2 atom stereocenters. The van der Waals surface area contributed by atoms with Gasteiger partial charge < -0.3 is 9.30 Å². The molecule has 0 amide bonds. The number of nitrogens with zero attached hydrogens (tertiary/aromatic N) is 3. The van der Waals surface area contributed by atoms with Crippen molar-refractivity contribution in [2.24, 2.45) is 0 Å². The molecule has 2 fully saturated rings. The highest BCUT2D eigenvalue weighted by molar-refractivity contribution is 6.16. The topological polar surface area (TPSA) is 39.9 Å². The molecule has 2 heterocycles. The fraction of sp³-hybridized carbons (Fsp3) is 0.818. The Morgan fingerprint density at radius 2 is 2.19 bits per heavy atom. The van der Waals surface area contributed by atoms with Gasteiger partial charge in [0.25, 0.3) is 0 Å². The fourth-order valence-corrected chi connectivity index (χ4v) is 2.67. The number of aromatic nitrogens is 3. The summed E-state index contributed by atoms with van der Waals surface area (Å²) in [5, 5.41) is 8.53. The maximum absolute atomic E-state index is 5.91. The molecule has 1 aromatic heterocycles. The monoisotopic (exact) mass is 241 g/mol. The number of rotatable bonds is 3. The van der Waals surface area contributed by atoms with Gasteiger partial charge in [-0.15, -0.1) is 21.8 Å². The Balaban J connectivity index is 1.96. The van der Waals surface area contributed by atoms with Gasteiger partial charge in [0, 0.05) is 18.6 Å². The molecule has 0 aromatic carbocycles. The Hall–Kier alpha value is -0.610. The molecule has 2 unspecified atom stereocenters. The summed E-state index contributed by atoms with van der Waals surface area (Å²) < 4.78 is 7.86. The van der Waals surface area contributed by atoms with Gasteiger partial charge in [0.05, 0.1) is 12.0 Å². The molecule has 1 aliphatic heterocycles. The van der Waals surface area contributed by atoms with E-state index in [2.05, 4.69) is 21.7 Å². The van der Waals surface area contributed by atoms with Crippen molar-refractivity contribution in [3.8, 4) is 0 Å². The standard InChI is InChI=1S/C11H16ClN3O/c1-7-9(4-5-16-7)11-14-13-10(6-12)15(11)8-2-3-8/h7-9H,2-6H2,1H3. The molecule has 4 nitrogen and oxygen atoms in total. The van der Waals surface area contributed by atoms with Gasteiger partial charge in [-0.2, -0.15) is 0 Å². The second kappa shape index (κ2) is 4.00. The predicted molar refractivity (Wildman–Crippen MR) is 60.6 cm³/mol. The van der Waals surface area contributed by atoms with Crippen LogP contribution >= 0.6 is 11.6 Å². The van der Waals surface area contributed by atoms with Crippen LogP contribution in [-0.2, 0) is 10.6 Å². The number of alkyl halides is 1. The van der Waals surface area contributed by atoms with E-state index in [0.717, 1.165) is 24.7 Å². The number of halogens is 1.